The molecule has 1 rings (SSSR count). The fraction of sp³-hybridized carbons (Fsp3) is 0.650. The van der Waals surface area contributed by atoms with Gasteiger partial charge in [0.25, 0.3) is 0 Å². The molecule has 0 bridgehead atoms. The van der Waals surface area contributed by atoms with Crippen LogP contribution in [0.4, 0.5) is 0 Å². The lowest BCUT2D eigenvalue weighted by molar-refractivity contribution is -0.157. The van der Waals surface area contributed by atoms with Gasteiger partial charge >= 0.3 is 5.97 Å². The van der Waals surface area contributed by atoms with Crippen molar-refractivity contribution in [1.82, 2.24) is 0 Å². The zero-order valence-corrected chi connectivity index (χ0v) is 15.7. The van der Waals surface area contributed by atoms with Gasteiger partial charge in [-0.1, -0.05) is 39.8 Å². The van der Waals surface area contributed by atoms with Crippen LogP contribution in [0.1, 0.15) is 66.4 Å². The van der Waals surface area contributed by atoms with E-state index in [1.807, 2.05) is 32.9 Å². The third kappa shape index (κ3) is 7.54. The van der Waals surface area contributed by atoms with E-state index in [-0.39, 0.29) is 12.6 Å². The number of esters is 1. The third-order valence-corrected chi connectivity index (χ3v) is 3.62. The van der Waals surface area contributed by atoms with E-state index in [1.165, 1.54) is 12.0 Å². The largest absolute Gasteiger partial charge is 0.482 e. The third-order valence-electron chi connectivity index (χ3n) is 3.62. The summed E-state index contributed by atoms with van der Waals surface area (Å²) in [4.78, 5) is 11.7. The molecule has 0 aliphatic rings. The second-order valence-corrected chi connectivity index (χ2v) is 7.92. The Hall–Kier alpha value is -1.51. The Kier molecular flexibility index (Phi) is 7.11. The van der Waals surface area contributed by atoms with Gasteiger partial charge in [0, 0.05) is 0 Å². The second kappa shape index (κ2) is 8.37. The lowest BCUT2D eigenvalue weighted by atomic mass is 9.82. The van der Waals surface area contributed by atoms with Gasteiger partial charge in [-0.3, -0.25) is 0 Å². The molecule has 0 aromatic heterocycles. The van der Waals surface area contributed by atoms with Gasteiger partial charge < -0.3 is 9.47 Å². The second-order valence-electron chi connectivity index (χ2n) is 7.92. The van der Waals surface area contributed by atoms with E-state index >= 15 is 0 Å². The molecule has 0 radical (unpaired) electrons. The summed E-state index contributed by atoms with van der Waals surface area (Å²) >= 11 is 0. The van der Waals surface area contributed by atoms with Crippen molar-refractivity contribution in [3.05, 3.63) is 29.8 Å². The maximum absolute atomic E-state index is 11.7. The number of carbonyl (C=O) groups excluding carboxylic acids is 1. The molecule has 0 aliphatic heterocycles. The summed E-state index contributed by atoms with van der Waals surface area (Å²) in [6.45, 7) is 14.5. The molecule has 0 N–H and O–H groups in total. The standard InChI is InChI=1S/C20H32O3/c1-14(2)12-18(15(3)4)16-8-10-17(11-9-16)22-13-19(21)23-20(5,6)7/h8-11,14-15,18H,12-13H2,1-7H3. The van der Waals surface area contributed by atoms with E-state index in [4.69, 9.17) is 9.47 Å². The van der Waals surface area contributed by atoms with Crippen molar-refractivity contribution in [2.24, 2.45) is 11.8 Å². The molecule has 1 aromatic carbocycles. The van der Waals surface area contributed by atoms with Crippen molar-refractivity contribution >= 4 is 5.97 Å². The van der Waals surface area contributed by atoms with E-state index in [0.717, 1.165) is 0 Å². The highest BCUT2D eigenvalue weighted by Crippen LogP contribution is 2.31. The van der Waals surface area contributed by atoms with Gasteiger partial charge in [-0.15, -0.1) is 0 Å². The minimum Gasteiger partial charge on any atom is -0.482 e. The molecule has 0 fully saturated rings. The summed E-state index contributed by atoms with van der Waals surface area (Å²) in [5.74, 6) is 2.18. The van der Waals surface area contributed by atoms with Gasteiger partial charge in [-0.05, 0) is 62.6 Å². The number of carbonyl (C=O) groups is 1. The molecule has 1 atom stereocenters. The van der Waals surface area contributed by atoms with E-state index < -0.39 is 5.60 Å². The normalized spacial score (nSPS) is 13.3. The molecule has 0 aliphatic carbocycles. The Morgan fingerprint density at radius 3 is 2.04 bits per heavy atom. The number of hydrogen-bond acceptors (Lipinski definition) is 3. The van der Waals surface area contributed by atoms with Crippen molar-refractivity contribution in [3.63, 3.8) is 0 Å². The fourth-order valence-electron chi connectivity index (χ4n) is 2.63. The zero-order valence-electron chi connectivity index (χ0n) is 15.7. The monoisotopic (exact) mass is 320 g/mol. The molecule has 0 saturated heterocycles. The van der Waals surface area contributed by atoms with Gasteiger partial charge in [-0.25, -0.2) is 4.79 Å². The molecule has 0 saturated carbocycles. The van der Waals surface area contributed by atoms with Crippen LogP contribution in [0.3, 0.4) is 0 Å². The first-order valence-electron chi connectivity index (χ1n) is 8.53. The van der Waals surface area contributed by atoms with Crippen LogP contribution in [0.5, 0.6) is 5.75 Å². The first-order valence-corrected chi connectivity index (χ1v) is 8.53. The van der Waals surface area contributed by atoms with Crippen molar-refractivity contribution in [2.45, 2.75) is 66.4 Å². The summed E-state index contributed by atoms with van der Waals surface area (Å²) in [7, 11) is 0. The predicted molar refractivity (Wildman–Crippen MR) is 94.8 cm³/mol. The lowest BCUT2D eigenvalue weighted by Gasteiger charge is -2.23. The van der Waals surface area contributed by atoms with Crippen molar-refractivity contribution < 1.29 is 14.3 Å². The molecule has 0 spiro atoms. The van der Waals surface area contributed by atoms with Crippen LogP contribution >= 0.6 is 0 Å². The maximum Gasteiger partial charge on any atom is 0.344 e. The first kappa shape index (κ1) is 19.5. The summed E-state index contributed by atoms with van der Waals surface area (Å²) < 4.78 is 10.7. The lowest BCUT2D eigenvalue weighted by Crippen LogP contribution is -2.27. The van der Waals surface area contributed by atoms with Crippen LogP contribution in [-0.2, 0) is 9.53 Å². The van der Waals surface area contributed by atoms with Crippen LogP contribution < -0.4 is 4.74 Å². The summed E-state index contributed by atoms with van der Waals surface area (Å²) in [6.07, 6.45) is 1.18. The van der Waals surface area contributed by atoms with Gasteiger partial charge in [0.15, 0.2) is 6.61 Å². The van der Waals surface area contributed by atoms with E-state index in [0.29, 0.717) is 23.5 Å². The Labute approximate surface area is 141 Å². The molecule has 3 nitrogen and oxygen atoms in total. The molecule has 1 aromatic rings. The Morgan fingerprint density at radius 1 is 1.04 bits per heavy atom. The highest BCUT2D eigenvalue weighted by atomic mass is 16.6. The predicted octanol–water partition coefficient (Wildman–Crippen LogP) is 5.19. The molecular formula is C20H32O3. The molecular weight excluding hydrogens is 288 g/mol. The van der Waals surface area contributed by atoms with Crippen LogP contribution in [-0.4, -0.2) is 18.2 Å². The summed E-state index contributed by atoms with van der Waals surface area (Å²) in [5.41, 5.74) is 0.851. The highest BCUT2D eigenvalue weighted by molar-refractivity contribution is 5.71. The van der Waals surface area contributed by atoms with E-state index in [2.05, 4.69) is 39.8 Å². The van der Waals surface area contributed by atoms with Crippen LogP contribution in [0, 0.1) is 11.8 Å². The zero-order chi connectivity index (χ0) is 17.6. The molecule has 0 heterocycles. The number of ether oxygens (including phenoxy) is 2. The summed E-state index contributed by atoms with van der Waals surface area (Å²) in [6, 6.07) is 8.10. The minimum absolute atomic E-state index is 0.0593. The molecule has 23 heavy (non-hydrogen) atoms. The average molecular weight is 320 g/mol. The fourth-order valence-corrected chi connectivity index (χ4v) is 2.63. The van der Waals surface area contributed by atoms with Crippen molar-refractivity contribution in [1.29, 1.82) is 0 Å². The van der Waals surface area contributed by atoms with E-state index in [9.17, 15) is 4.79 Å². The molecule has 3 heteroatoms. The average Bonchev–Trinajstić information content (AvgIpc) is 2.41. The number of hydrogen-bond donors (Lipinski definition) is 0. The van der Waals surface area contributed by atoms with Crippen LogP contribution in [0.25, 0.3) is 0 Å². The SMILES string of the molecule is CC(C)CC(c1ccc(OCC(=O)OC(C)(C)C)cc1)C(C)C. The van der Waals surface area contributed by atoms with Crippen LogP contribution in [0.2, 0.25) is 0 Å². The maximum atomic E-state index is 11.7. The Balaban J connectivity index is 2.63. The van der Waals surface area contributed by atoms with Gasteiger partial charge in [0.2, 0.25) is 0 Å². The van der Waals surface area contributed by atoms with Gasteiger partial charge in [-0.2, -0.15) is 0 Å². The summed E-state index contributed by atoms with van der Waals surface area (Å²) in [5, 5.41) is 0. The van der Waals surface area contributed by atoms with Crippen LogP contribution in [0.15, 0.2) is 24.3 Å². The molecule has 130 valence electrons. The van der Waals surface area contributed by atoms with Gasteiger partial charge in [0.05, 0.1) is 0 Å². The Bertz CT molecular complexity index is 481. The topological polar surface area (TPSA) is 35.5 Å². The van der Waals surface area contributed by atoms with Gasteiger partial charge in [0.1, 0.15) is 11.4 Å². The molecule has 1 unspecified atom stereocenters. The number of benzene rings is 1. The highest BCUT2D eigenvalue weighted by Gasteiger charge is 2.18. The number of rotatable bonds is 7. The Morgan fingerprint density at radius 2 is 1.61 bits per heavy atom. The first-order chi connectivity index (χ1) is 10.6. The quantitative estimate of drug-likeness (QED) is 0.648. The smallest absolute Gasteiger partial charge is 0.344 e. The van der Waals surface area contributed by atoms with E-state index in [1.54, 1.807) is 0 Å². The van der Waals surface area contributed by atoms with Crippen molar-refractivity contribution in [3.8, 4) is 5.75 Å². The van der Waals surface area contributed by atoms with Crippen molar-refractivity contribution in [2.75, 3.05) is 6.61 Å². The minimum atomic E-state index is -0.481. The molecule has 0 amide bonds.